The van der Waals surface area contributed by atoms with Gasteiger partial charge in [0.15, 0.2) is 0 Å². The quantitative estimate of drug-likeness (QED) is 0.683. The molecule has 0 radical (unpaired) electrons. The first kappa shape index (κ1) is 7.62. The van der Waals surface area contributed by atoms with Gasteiger partial charge in [-0.15, -0.1) is 0 Å². The van der Waals surface area contributed by atoms with Crippen LogP contribution in [0.15, 0.2) is 30.5 Å². The molecule has 1 aromatic heterocycles. The molecule has 0 saturated carbocycles. The number of hydrogen-bond donors (Lipinski definition) is 1. The molecule has 1 aliphatic rings. The fourth-order valence-corrected chi connectivity index (χ4v) is 1.80. The van der Waals surface area contributed by atoms with Crippen molar-refractivity contribution in [3.8, 4) is 17.0 Å². The molecule has 1 aromatic carbocycles. The number of H-pyrrole nitrogens is 1. The van der Waals surface area contributed by atoms with Crippen molar-refractivity contribution >= 4 is 0 Å². The highest BCUT2D eigenvalue weighted by Crippen LogP contribution is 2.32. The normalized spacial score (nSPS) is 13.7. The van der Waals surface area contributed by atoms with Crippen LogP contribution in [0.5, 0.6) is 5.75 Å². The van der Waals surface area contributed by atoms with E-state index in [0.717, 1.165) is 30.0 Å². The van der Waals surface area contributed by atoms with Crippen molar-refractivity contribution < 1.29 is 4.74 Å². The summed E-state index contributed by atoms with van der Waals surface area (Å²) in [6, 6.07) is 8.04. The molecule has 0 saturated heterocycles. The molecular formula is C11H10N2O. The molecule has 2 aromatic rings. The van der Waals surface area contributed by atoms with Gasteiger partial charge in [0.25, 0.3) is 0 Å². The summed E-state index contributed by atoms with van der Waals surface area (Å²) in [5, 5.41) is 7.09. The lowest BCUT2D eigenvalue weighted by atomic mass is 10.1. The van der Waals surface area contributed by atoms with Crippen molar-refractivity contribution in [1.82, 2.24) is 10.2 Å². The first-order chi connectivity index (χ1) is 6.95. The molecule has 1 N–H and O–H groups in total. The monoisotopic (exact) mass is 186 g/mol. The molecule has 3 rings (SSSR count). The minimum absolute atomic E-state index is 0.726. The highest BCUT2D eigenvalue weighted by Gasteiger charge is 2.15. The van der Waals surface area contributed by atoms with Crippen molar-refractivity contribution in [2.24, 2.45) is 0 Å². The highest BCUT2D eigenvalue weighted by molar-refractivity contribution is 5.70. The van der Waals surface area contributed by atoms with E-state index in [1.165, 1.54) is 5.56 Å². The van der Waals surface area contributed by atoms with Crippen molar-refractivity contribution in [3.05, 3.63) is 36.0 Å². The van der Waals surface area contributed by atoms with E-state index in [-0.39, 0.29) is 0 Å². The van der Waals surface area contributed by atoms with Gasteiger partial charge in [-0.05, 0) is 12.1 Å². The van der Waals surface area contributed by atoms with Crippen LogP contribution in [0.2, 0.25) is 0 Å². The fraction of sp³-hybridized carbons (Fsp3) is 0.182. The maximum absolute atomic E-state index is 5.64. The van der Waals surface area contributed by atoms with Gasteiger partial charge in [0.05, 0.1) is 18.5 Å². The molecule has 1 aliphatic heterocycles. The second kappa shape index (κ2) is 2.87. The van der Waals surface area contributed by atoms with E-state index in [1.54, 1.807) is 0 Å². The van der Waals surface area contributed by atoms with E-state index in [9.17, 15) is 0 Å². The van der Waals surface area contributed by atoms with E-state index in [4.69, 9.17) is 4.74 Å². The third-order valence-electron chi connectivity index (χ3n) is 2.50. The van der Waals surface area contributed by atoms with Crippen LogP contribution in [-0.2, 0) is 6.42 Å². The summed E-state index contributed by atoms with van der Waals surface area (Å²) < 4.78 is 5.64. The largest absolute Gasteiger partial charge is 0.493 e. The topological polar surface area (TPSA) is 37.9 Å². The molecule has 0 unspecified atom stereocenters. The lowest BCUT2D eigenvalue weighted by Crippen LogP contribution is -1.97. The van der Waals surface area contributed by atoms with Crippen LogP contribution in [0, 0.1) is 0 Å². The van der Waals surface area contributed by atoms with Gasteiger partial charge in [-0.2, -0.15) is 5.10 Å². The van der Waals surface area contributed by atoms with E-state index >= 15 is 0 Å². The smallest absolute Gasteiger partial charge is 0.128 e. The second-order valence-corrected chi connectivity index (χ2v) is 3.36. The van der Waals surface area contributed by atoms with Gasteiger partial charge in [-0.1, -0.05) is 12.1 Å². The molecule has 2 heterocycles. The summed E-state index contributed by atoms with van der Waals surface area (Å²) in [7, 11) is 0. The molecular weight excluding hydrogens is 176 g/mol. The number of para-hydroxylation sites is 1. The van der Waals surface area contributed by atoms with E-state index in [0.29, 0.717) is 0 Å². The molecule has 0 atom stereocenters. The number of nitrogens with one attached hydrogen (secondary N) is 1. The number of aromatic nitrogens is 2. The molecule has 0 spiro atoms. The van der Waals surface area contributed by atoms with Gasteiger partial charge in [0, 0.05) is 17.5 Å². The summed E-state index contributed by atoms with van der Waals surface area (Å²) in [5.41, 5.74) is 3.44. The average molecular weight is 186 g/mol. The molecule has 0 fully saturated rings. The maximum atomic E-state index is 5.64. The van der Waals surface area contributed by atoms with Gasteiger partial charge >= 0.3 is 0 Å². The Morgan fingerprint density at radius 2 is 2.21 bits per heavy atom. The van der Waals surface area contributed by atoms with Gasteiger partial charge in [0.1, 0.15) is 5.75 Å². The Hall–Kier alpha value is -1.77. The van der Waals surface area contributed by atoms with E-state index in [1.807, 2.05) is 24.4 Å². The predicted octanol–water partition coefficient (Wildman–Crippen LogP) is 2.01. The zero-order chi connectivity index (χ0) is 9.38. The Kier molecular flexibility index (Phi) is 1.56. The predicted molar refractivity (Wildman–Crippen MR) is 53.2 cm³/mol. The second-order valence-electron chi connectivity index (χ2n) is 3.36. The molecule has 3 nitrogen and oxygen atoms in total. The summed E-state index contributed by atoms with van der Waals surface area (Å²) in [6.07, 6.45) is 2.79. The van der Waals surface area contributed by atoms with Crippen LogP contribution in [0.1, 0.15) is 5.56 Å². The van der Waals surface area contributed by atoms with Gasteiger partial charge < -0.3 is 4.74 Å². The number of fused-ring (bicyclic) bond motifs is 3. The van der Waals surface area contributed by atoms with Crippen molar-refractivity contribution in [2.45, 2.75) is 6.42 Å². The van der Waals surface area contributed by atoms with Gasteiger partial charge in [-0.25, -0.2) is 0 Å². The minimum atomic E-state index is 0.726. The average Bonchev–Trinajstić information content (AvgIpc) is 2.61. The van der Waals surface area contributed by atoms with E-state index in [2.05, 4.69) is 16.3 Å². The Labute approximate surface area is 81.7 Å². The molecule has 14 heavy (non-hydrogen) atoms. The Bertz CT molecular complexity index is 462. The van der Waals surface area contributed by atoms with Crippen LogP contribution < -0.4 is 4.74 Å². The zero-order valence-electron chi connectivity index (χ0n) is 7.66. The molecule has 0 amide bonds. The Balaban J connectivity index is 2.27. The first-order valence-electron chi connectivity index (χ1n) is 4.69. The summed E-state index contributed by atoms with van der Waals surface area (Å²) in [6.45, 7) is 0.726. The standard InChI is InChI=1S/C11H10N2O/c1-2-4-10-9(3-1)11-8(5-6-14-10)7-12-13-11/h1-4,7H,5-6H2,(H,12,13). The van der Waals surface area contributed by atoms with Crippen molar-refractivity contribution in [1.29, 1.82) is 0 Å². The number of nitrogens with zero attached hydrogens (tertiary/aromatic N) is 1. The number of rotatable bonds is 0. The minimum Gasteiger partial charge on any atom is -0.493 e. The number of hydrogen-bond acceptors (Lipinski definition) is 2. The number of aromatic amines is 1. The fourth-order valence-electron chi connectivity index (χ4n) is 1.80. The number of benzene rings is 1. The highest BCUT2D eigenvalue weighted by atomic mass is 16.5. The SMILES string of the molecule is c1ccc2c(c1)OCCc1cn[nH]c1-2. The first-order valence-corrected chi connectivity index (χ1v) is 4.69. The summed E-state index contributed by atoms with van der Waals surface area (Å²) in [5.74, 6) is 0.940. The zero-order valence-corrected chi connectivity index (χ0v) is 7.66. The summed E-state index contributed by atoms with van der Waals surface area (Å²) >= 11 is 0. The Morgan fingerprint density at radius 3 is 3.21 bits per heavy atom. The molecule has 3 heteroatoms. The van der Waals surface area contributed by atoms with Crippen LogP contribution >= 0.6 is 0 Å². The lowest BCUT2D eigenvalue weighted by Gasteiger charge is -2.05. The van der Waals surface area contributed by atoms with Gasteiger partial charge in [0.2, 0.25) is 0 Å². The summed E-state index contributed by atoms with van der Waals surface area (Å²) in [4.78, 5) is 0. The molecule has 0 aliphatic carbocycles. The lowest BCUT2D eigenvalue weighted by molar-refractivity contribution is 0.326. The third-order valence-corrected chi connectivity index (χ3v) is 2.50. The van der Waals surface area contributed by atoms with Crippen LogP contribution in [0.3, 0.4) is 0 Å². The van der Waals surface area contributed by atoms with Gasteiger partial charge in [-0.3, -0.25) is 5.10 Å². The Morgan fingerprint density at radius 1 is 1.29 bits per heavy atom. The molecule has 70 valence electrons. The number of ether oxygens (including phenoxy) is 1. The van der Waals surface area contributed by atoms with Crippen LogP contribution in [0.25, 0.3) is 11.3 Å². The molecule has 0 bridgehead atoms. The third kappa shape index (κ3) is 1.02. The van der Waals surface area contributed by atoms with Crippen LogP contribution in [0.4, 0.5) is 0 Å². The maximum Gasteiger partial charge on any atom is 0.128 e. The van der Waals surface area contributed by atoms with Crippen molar-refractivity contribution in [3.63, 3.8) is 0 Å². The van der Waals surface area contributed by atoms with Crippen molar-refractivity contribution in [2.75, 3.05) is 6.61 Å². The van der Waals surface area contributed by atoms with E-state index < -0.39 is 0 Å². The van der Waals surface area contributed by atoms with Crippen LogP contribution in [-0.4, -0.2) is 16.8 Å².